The molecule has 1 aromatic carbocycles. The van der Waals surface area contributed by atoms with Gasteiger partial charge >= 0.3 is 6.09 Å². The molecule has 124 valence electrons. The molecular formula is C17H17ClN4O2. The fourth-order valence-electron chi connectivity index (χ4n) is 2.22. The number of halogens is 1. The van der Waals surface area contributed by atoms with E-state index in [2.05, 4.69) is 15.4 Å². The second-order valence-corrected chi connectivity index (χ2v) is 6.62. The molecule has 2 heterocycles. The van der Waals surface area contributed by atoms with Gasteiger partial charge < -0.3 is 4.74 Å². The van der Waals surface area contributed by atoms with Crippen molar-refractivity contribution in [2.45, 2.75) is 26.4 Å². The molecule has 0 fully saturated rings. The number of rotatable bonds is 2. The molecule has 2 aromatic heterocycles. The number of aromatic nitrogens is 3. The van der Waals surface area contributed by atoms with E-state index in [0.29, 0.717) is 22.3 Å². The number of imidazole rings is 1. The molecule has 0 spiro atoms. The molecule has 0 saturated carbocycles. The number of hydrogen-bond acceptors (Lipinski definition) is 4. The summed E-state index contributed by atoms with van der Waals surface area (Å²) in [6.45, 7) is 5.40. The Morgan fingerprint density at radius 3 is 2.54 bits per heavy atom. The van der Waals surface area contributed by atoms with Crippen LogP contribution >= 0.6 is 11.6 Å². The number of hydrogen-bond donors (Lipinski definition) is 1. The molecule has 3 rings (SSSR count). The first-order valence-corrected chi connectivity index (χ1v) is 7.82. The Morgan fingerprint density at radius 2 is 1.88 bits per heavy atom. The first-order valence-electron chi connectivity index (χ1n) is 7.44. The van der Waals surface area contributed by atoms with Crippen molar-refractivity contribution in [3.8, 4) is 11.3 Å². The zero-order valence-electron chi connectivity index (χ0n) is 13.6. The topological polar surface area (TPSA) is 68.5 Å². The average molecular weight is 345 g/mol. The summed E-state index contributed by atoms with van der Waals surface area (Å²) in [6.07, 6.45) is -0.580. The van der Waals surface area contributed by atoms with Crippen LogP contribution in [0.5, 0.6) is 0 Å². The number of fused-ring (bicyclic) bond motifs is 1. The molecule has 6 nitrogen and oxygen atoms in total. The summed E-state index contributed by atoms with van der Waals surface area (Å²) in [5, 5.41) is 7.25. The highest BCUT2D eigenvalue weighted by Gasteiger charge is 2.21. The minimum atomic E-state index is -0.609. The van der Waals surface area contributed by atoms with E-state index < -0.39 is 11.7 Å². The Bertz CT molecular complexity index is 885. The van der Waals surface area contributed by atoms with Crippen LogP contribution < -0.4 is 5.32 Å². The zero-order valence-corrected chi connectivity index (χ0v) is 14.3. The molecule has 7 heteroatoms. The third kappa shape index (κ3) is 3.49. The van der Waals surface area contributed by atoms with Crippen molar-refractivity contribution in [2.75, 3.05) is 5.32 Å². The summed E-state index contributed by atoms with van der Waals surface area (Å²) in [5.74, 6) is 0.410. The smallest absolute Gasteiger partial charge is 0.413 e. The van der Waals surface area contributed by atoms with Gasteiger partial charge in [-0.25, -0.2) is 9.78 Å². The van der Waals surface area contributed by atoms with Gasteiger partial charge in [-0.1, -0.05) is 41.9 Å². The monoisotopic (exact) mass is 344 g/mol. The van der Waals surface area contributed by atoms with Crippen LogP contribution in [0.4, 0.5) is 10.6 Å². The Morgan fingerprint density at radius 1 is 1.17 bits per heavy atom. The van der Waals surface area contributed by atoms with Crippen molar-refractivity contribution in [2.24, 2.45) is 0 Å². The molecule has 0 bridgehead atoms. The highest BCUT2D eigenvalue weighted by Crippen LogP contribution is 2.29. The Labute approximate surface area is 144 Å². The molecule has 0 atom stereocenters. The number of nitrogens with zero attached hydrogens (tertiary/aromatic N) is 3. The molecule has 0 aliphatic carbocycles. The largest absolute Gasteiger partial charge is 0.444 e. The number of nitrogens with one attached hydrogen (secondary N) is 1. The van der Waals surface area contributed by atoms with E-state index in [1.54, 1.807) is 32.9 Å². The molecule has 0 aliphatic rings. The van der Waals surface area contributed by atoms with E-state index in [-0.39, 0.29) is 0 Å². The molecule has 0 aliphatic heterocycles. The van der Waals surface area contributed by atoms with Crippen LogP contribution in [0.2, 0.25) is 5.15 Å². The maximum absolute atomic E-state index is 12.2. The third-order valence-corrected chi connectivity index (χ3v) is 3.31. The molecular weight excluding hydrogens is 328 g/mol. The summed E-state index contributed by atoms with van der Waals surface area (Å²) < 4.78 is 6.82. The summed E-state index contributed by atoms with van der Waals surface area (Å²) >= 11 is 5.99. The van der Waals surface area contributed by atoms with Crippen LogP contribution in [0, 0.1) is 0 Å². The molecule has 24 heavy (non-hydrogen) atoms. The molecule has 3 aromatic rings. The van der Waals surface area contributed by atoms with E-state index in [4.69, 9.17) is 16.3 Å². The van der Waals surface area contributed by atoms with E-state index in [1.165, 1.54) is 4.52 Å². The second kappa shape index (κ2) is 6.13. The van der Waals surface area contributed by atoms with E-state index >= 15 is 0 Å². The molecule has 0 unspecified atom stereocenters. The van der Waals surface area contributed by atoms with Crippen molar-refractivity contribution in [3.05, 3.63) is 47.6 Å². The van der Waals surface area contributed by atoms with Crippen molar-refractivity contribution < 1.29 is 9.53 Å². The number of anilines is 1. The van der Waals surface area contributed by atoms with Crippen LogP contribution in [-0.2, 0) is 4.74 Å². The maximum Gasteiger partial charge on any atom is 0.413 e. The van der Waals surface area contributed by atoms with Crippen LogP contribution in [-0.4, -0.2) is 26.3 Å². The normalized spacial score (nSPS) is 11.5. The van der Waals surface area contributed by atoms with Crippen LogP contribution in [0.1, 0.15) is 20.8 Å². The maximum atomic E-state index is 12.2. The van der Waals surface area contributed by atoms with Gasteiger partial charge in [-0.05, 0) is 32.9 Å². The zero-order chi connectivity index (χ0) is 17.3. The number of benzene rings is 1. The quantitative estimate of drug-likeness (QED) is 0.748. The first-order chi connectivity index (χ1) is 11.3. The van der Waals surface area contributed by atoms with Gasteiger partial charge in [-0.2, -0.15) is 9.61 Å². The van der Waals surface area contributed by atoms with E-state index in [1.807, 2.05) is 30.3 Å². The lowest BCUT2D eigenvalue weighted by atomic mass is 10.1. The van der Waals surface area contributed by atoms with Crippen molar-refractivity contribution in [1.82, 2.24) is 14.6 Å². The summed E-state index contributed by atoms with van der Waals surface area (Å²) in [5.41, 5.74) is 1.41. The van der Waals surface area contributed by atoms with E-state index in [9.17, 15) is 4.79 Å². The fraction of sp³-hybridized carbons (Fsp3) is 0.235. The first kappa shape index (κ1) is 16.3. The lowest BCUT2D eigenvalue weighted by Gasteiger charge is -2.19. The van der Waals surface area contributed by atoms with Gasteiger partial charge in [0.25, 0.3) is 0 Å². The van der Waals surface area contributed by atoms with Crippen LogP contribution in [0.25, 0.3) is 16.9 Å². The number of ether oxygens (including phenoxy) is 1. The minimum Gasteiger partial charge on any atom is -0.444 e. The van der Waals surface area contributed by atoms with Crippen molar-refractivity contribution >= 4 is 29.2 Å². The van der Waals surface area contributed by atoms with Gasteiger partial charge in [0.05, 0.1) is 0 Å². The van der Waals surface area contributed by atoms with E-state index in [0.717, 1.165) is 5.56 Å². The lowest BCUT2D eigenvalue weighted by molar-refractivity contribution is 0.0635. The highest BCUT2D eigenvalue weighted by molar-refractivity contribution is 6.29. The van der Waals surface area contributed by atoms with Crippen LogP contribution in [0.3, 0.4) is 0 Å². The Kier molecular flexibility index (Phi) is 4.15. The van der Waals surface area contributed by atoms with Gasteiger partial charge in [0.1, 0.15) is 16.4 Å². The van der Waals surface area contributed by atoms with Crippen LogP contribution in [0.15, 0.2) is 42.5 Å². The Hall–Kier alpha value is -2.60. The Balaban J connectivity index is 2.09. The molecule has 1 amide bonds. The number of amides is 1. The lowest BCUT2D eigenvalue weighted by Crippen LogP contribution is -2.27. The SMILES string of the molecule is CC(C)(C)OC(=O)Nc1c(-c2ccccc2)nc2ccc(Cl)nn12. The van der Waals surface area contributed by atoms with Gasteiger partial charge in [0.15, 0.2) is 11.5 Å². The average Bonchev–Trinajstić information content (AvgIpc) is 2.84. The summed E-state index contributed by atoms with van der Waals surface area (Å²) in [7, 11) is 0. The van der Waals surface area contributed by atoms with Gasteiger partial charge in [0, 0.05) is 5.56 Å². The van der Waals surface area contributed by atoms with Gasteiger partial charge in [-0.3, -0.25) is 5.32 Å². The highest BCUT2D eigenvalue weighted by atomic mass is 35.5. The standard InChI is InChI=1S/C17H17ClN4O2/c1-17(2,3)24-16(23)20-15-14(11-7-5-4-6-8-11)19-13-10-9-12(18)21-22(13)15/h4-10H,1-3H3,(H,20,23). The molecule has 0 radical (unpaired) electrons. The predicted molar refractivity (Wildman–Crippen MR) is 93.3 cm³/mol. The minimum absolute atomic E-state index is 0.298. The molecule has 0 saturated heterocycles. The summed E-state index contributed by atoms with van der Waals surface area (Å²) in [6, 6.07) is 12.9. The predicted octanol–water partition coefficient (Wildman–Crippen LogP) is 4.40. The van der Waals surface area contributed by atoms with Crippen molar-refractivity contribution in [3.63, 3.8) is 0 Å². The van der Waals surface area contributed by atoms with Gasteiger partial charge in [0.2, 0.25) is 0 Å². The number of carbonyl (C=O) groups excluding carboxylic acids is 1. The third-order valence-electron chi connectivity index (χ3n) is 3.11. The fourth-order valence-corrected chi connectivity index (χ4v) is 2.36. The summed E-state index contributed by atoms with van der Waals surface area (Å²) in [4.78, 5) is 16.7. The van der Waals surface area contributed by atoms with Crippen molar-refractivity contribution in [1.29, 1.82) is 0 Å². The molecule has 1 N–H and O–H groups in total. The number of carbonyl (C=O) groups is 1. The second-order valence-electron chi connectivity index (χ2n) is 6.23. The van der Waals surface area contributed by atoms with Gasteiger partial charge in [-0.15, -0.1) is 0 Å².